The highest BCUT2D eigenvalue weighted by Gasteiger charge is 2.24. The number of hydrogen-bond donors (Lipinski definition) is 0. The number of hydrogen-bond acceptors (Lipinski definition) is 2. The molecule has 1 aromatic carbocycles. The summed E-state index contributed by atoms with van der Waals surface area (Å²) in [5, 5.41) is 0. The van der Waals surface area contributed by atoms with E-state index < -0.39 is 28.8 Å². The van der Waals surface area contributed by atoms with Crippen LogP contribution in [0, 0.1) is 11.6 Å². The van der Waals surface area contributed by atoms with E-state index in [0.717, 1.165) is 12.1 Å². The van der Waals surface area contributed by atoms with Crippen LogP contribution in [0.2, 0.25) is 0 Å². The lowest BCUT2D eigenvalue weighted by molar-refractivity contribution is 0.00595. The van der Waals surface area contributed by atoms with Crippen LogP contribution in [0.15, 0.2) is 12.1 Å². The molecule has 0 fully saturated rings. The average Bonchev–Trinajstić information content (AvgIpc) is 2.13. The fourth-order valence-corrected chi connectivity index (χ4v) is 1.35. The molecule has 0 aliphatic heterocycles. The van der Waals surface area contributed by atoms with Crippen LogP contribution in [0.3, 0.4) is 0 Å². The monoisotopic (exact) mass is 242 g/mol. The molecule has 0 radical (unpaired) electrons. The Labute approximate surface area is 99.6 Å². The zero-order chi connectivity index (χ0) is 13.2. The molecule has 94 valence electrons. The highest BCUT2D eigenvalue weighted by Crippen LogP contribution is 2.19. The van der Waals surface area contributed by atoms with Crippen LogP contribution in [0.1, 0.15) is 43.6 Å². The fraction of sp³-hybridized carbons (Fsp3) is 0.462. The van der Waals surface area contributed by atoms with Gasteiger partial charge in [-0.05, 0) is 44.9 Å². The Morgan fingerprint density at radius 3 is 2.06 bits per heavy atom. The average molecular weight is 242 g/mol. The van der Waals surface area contributed by atoms with Gasteiger partial charge in [0.05, 0.1) is 0 Å². The molecule has 0 atom stereocenters. The maximum absolute atomic E-state index is 13.6. The van der Waals surface area contributed by atoms with Crippen LogP contribution in [0.25, 0.3) is 0 Å². The lowest BCUT2D eigenvalue weighted by Crippen LogP contribution is -2.25. The van der Waals surface area contributed by atoms with Gasteiger partial charge in [0.25, 0.3) is 0 Å². The number of benzene rings is 1. The second-order valence-electron chi connectivity index (χ2n) is 4.79. The zero-order valence-corrected chi connectivity index (χ0v) is 10.4. The van der Waals surface area contributed by atoms with Crippen molar-refractivity contribution in [1.82, 2.24) is 0 Å². The summed E-state index contributed by atoms with van der Waals surface area (Å²) in [4.78, 5) is 11.6. The topological polar surface area (TPSA) is 26.3 Å². The van der Waals surface area contributed by atoms with Crippen molar-refractivity contribution in [2.24, 2.45) is 0 Å². The summed E-state index contributed by atoms with van der Waals surface area (Å²) in [6.45, 7) is 6.70. The first-order valence-electron chi connectivity index (χ1n) is 5.46. The van der Waals surface area contributed by atoms with Crippen LogP contribution in [-0.4, -0.2) is 11.6 Å². The summed E-state index contributed by atoms with van der Waals surface area (Å²) in [6, 6.07) is 2.31. The first-order valence-corrected chi connectivity index (χ1v) is 5.46. The van der Waals surface area contributed by atoms with E-state index in [1.54, 1.807) is 27.7 Å². The van der Waals surface area contributed by atoms with Crippen molar-refractivity contribution in [2.75, 3.05) is 0 Å². The number of aryl methyl sites for hydroxylation is 1. The van der Waals surface area contributed by atoms with Crippen molar-refractivity contribution in [1.29, 1.82) is 0 Å². The number of rotatable bonds is 2. The molecule has 17 heavy (non-hydrogen) atoms. The quantitative estimate of drug-likeness (QED) is 0.742. The van der Waals surface area contributed by atoms with Gasteiger partial charge in [-0.25, -0.2) is 13.6 Å². The Hall–Kier alpha value is -1.45. The van der Waals surface area contributed by atoms with Gasteiger partial charge < -0.3 is 4.74 Å². The molecule has 0 saturated heterocycles. The standard InChI is InChI=1S/C13H16F2O2/c1-5-8-6-9(14)11(10(15)7-8)12(16)17-13(2,3)4/h6-7H,5H2,1-4H3. The maximum Gasteiger partial charge on any atom is 0.344 e. The van der Waals surface area contributed by atoms with E-state index in [9.17, 15) is 13.6 Å². The lowest BCUT2D eigenvalue weighted by Gasteiger charge is -2.20. The summed E-state index contributed by atoms with van der Waals surface area (Å²) in [5.74, 6) is -2.73. The number of carbonyl (C=O) groups is 1. The molecule has 0 heterocycles. The number of ether oxygens (including phenoxy) is 1. The van der Waals surface area contributed by atoms with Crippen molar-refractivity contribution < 1.29 is 18.3 Å². The SMILES string of the molecule is CCc1cc(F)c(C(=O)OC(C)(C)C)c(F)c1. The van der Waals surface area contributed by atoms with Crippen molar-refractivity contribution in [3.63, 3.8) is 0 Å². The van der Waals surface area contributed by atoms with E-state index in [1.807, 2.05) is 0 Å². The maximum atomic E-state index is 13.6. The highest BCUT2D eigenvalue weighted by atomic mass is 19.1. The van der Waals surface area contributed by atoms with E-state index >= 15 is 0 Å². The zero-order valence-electron chi connectivity index (χ0n) is 10.4. The van der Waals surface area contributed by atoms with Crippen molar-refractivity contribution in [3.05, 3.63) is 34.9 Å². The molecule has 0 unspecified atom stereocenters. The normalized spacial score (nSPS) is 11.4. The Bertz CT molecular complexity index is 411. The molecule has 4 heteroatoms. The molecule has 0 aromatic heterocycles. The van der Waals surface area contributed by atoms with E-state index in [2.05, 4.69) is 0 Å². The van der Waals surface area contributed by atoms with Crippen LogP contribution in [0.4, 0.5) is 8.78 Å². The van der Waals surface area contributed by atoms with Crippen LogP contribution < -0.4 is 0 Å². The van der Waals surface area contributed by atoms with Crippen LogP contribution >= 0.6 is 0 Å². The van der Waals surface area contributed by atoms with Crippen LogP contribution in [-0.2, 0) is 11.2 Å². The second kappa shape index (κ2) is 4.82. The van der Waals surface area contributed by atoms with Crippen LogP contribution in [0.5, 0.6) is 0 Å². The lowest BCUT2D eigenvalue weighted by atomic mass is 10.1. The van der Waals surface area contributed by atoms with Crippen molar-refractivity contribution >= 4 is 5.97 Å². The molecule has 1 aromatic rings. The van der Waals surface area contributed by atoms with Gasteiger partial charge in [0, 0.05) is 0 Å². The van der Waals surface area contributed by atoms with E-state index in [-0.39, 0.29) is 0 Å². The Kier molecular flexibility index (Phi) is 3.86. The van der Waals surface area contributed by atoms with Gasteiger partial charge in [-0.1, -0.05) is 6.92 Å². The number of carbonyl (C=O) groups excluding carboxylic acids is 1. The van der Waals surface area contributed by atoms with E-state index in [0.29, 0.717) is 12.0 Å². The number of halogens is 2. The van der Waals surface area contributed by atoms with Gasteiger partial charge in [-0.2, -0.15) is 0 Å². The third-order valence-corrected chi connectivity index (χ3v) is 2.11. The molecule has 0 bridgehead atoms. The highest BCUT2D eigenvalue weighted by molar-refractivity contribution is 5.90. The van der Waals surface area contributed by atoms with Gasteiger partial charge in [-0.3, -0.25) is 0 Å². The molecular formula is C13H16F2O2. The van der Waals surface area contributed by atoms with E-state index in [1.165, 1.54) is 0 Å². The summed E-state index contributed by atoms with van der Waals surface area (Å²) >= 11 is 0. The predicted octanol–water partition coefficient (Wildman–Crippen LogP) is 3.48. The minimum Gasteiger partial charge on any atom is -0.456 e. The van der Waals surface area contributed by atoms with Gasteiger partial charge in [0.2, 0.25) is 0 Å². The van der Waals surface area contributed by atoms with Gasteiger partial charge in [0.15, 0.2) is 0 Å². The largest absolute Gasteiger partial charge is 0.456 e. The molecular weight excluding hydrogens is 226 g/mol. The molecule has 2 nitrogen and oxygen atoms in total. The molecule has 0 spiro atoms. The van der Waals surface area contributed by atoms with Gasteiger partial charge in [0.1, 0.15) is 22.8 Å². The Morgan fingerprint density at radius 1 is 1.24 bits per heavy atom. The summed E-state index contributed by atoms with van der Waals surface area (Å²) in [7, 11) is 0. The summed E-state index contributed by atoms with van der Waals surface area (Å²) < 4.78 is 32.1. The minimum atomic E-state index is -0.977. The fourth-order valence-electron chi connectivity index (χ4n) is 1.35. The molecule has 1 rings (SSSR count). The Balaban J connectivity index is 3.10. The molecule has 0 saturated carbocycles. The first-order chi connectivity index (χ1) is 7.74. The summed E-state index contributed by atoms with van der Waals surface area (Å²) in [6.07, 6.45) is 0.502. The molecule has 0 aliphatic rings. The molecule has 0 aliphatic carbocycles. The first kappa shape index (κ1) is 13.6. The smallest absolute Gasteiger partial charge is 0.344 e. The molecule has 0 amide bonds. The third-order valence-electron chi connectivity index (χ3n) is 2.11. The third kappa shape index (κ3) is 3.51. The predicted molar refractivity (Wildman–Crippen MR) is 60.9 cm³/mol. The van der Waals surface area contributed by atoms with Crippen molar-refractivity contribution in [2.45, 2.75) is 39.7 Å². The second-order valence-corrected chi connectivity index (χ2v) is 4.79. The number of esters is 1. The Morgan fingerprint density at radius 2 is 1.71 bits per heavy atom. The summed E-state index contributed by atoms with van der Waals surface area (Å²) in [5.41, 5.74) is -0.899. The van der Waals surface area contributed by atoms with Crippen molar-refractivity contribution in [3.8, 4) is 0 Å². The van der Waals surface area contributed by atoms with Gasteiger partial charge >= 0.3 is 5.97 Å². The molecule has 0 N–H and O–H groups in total. The van der Waals surface area contributed by atoms with E-state index in [4.69, 9.17) is 4.74 Å². The van der Waals surface area contributed by atoms with Gasteiger partial charge in [-0.15, -0.1) is 0 Å². The minimum absolute atomic E-state index is 0.502.